The van der Waals surface area contributed by atoms with E-state index in [-0.39, 0.29) is 0 Å². The fourth-order valence-electron chi connectivity index (χ4n) is 2.28. The lowest BCUT2D eigenvalue weighted by atomic mass is 10.1. The fraction of sp³-hybridized carbons (Fsp3) is 0.467. The Morgan fingerprint density at radius 1 is 1.21 bits per heavy atom. The molecule has 0 aliphatic heterocycles. The van der Waals surface area contributed by atoms with Gasteiger partial charge in [0.25, 0.3) is 0 Å². The third-order valence-electron chi connectivity index (χ3n) is 3.57. The van der Waals surface area contributed by atoms with Crippen LogP contribution in [-0.2, 0) is 13.1 Å². The van der Waals surface area contributed by atoms with Gasteiger partial charge in [0.1, 0.15) is 0 Å². The Hall–Kier alpha value is -1.68. The van der Waals surface area contributed by atoms with E-state index in [1.165, 1.54) is 24.0 Å². The number of nitrogens with zero attached hydrogens (tertiary/aromatic N) is 3. The van der Waals surface area contributed by atoms with Gasteiger partial charge in [0.2, 0.25) is 0 Å². The quantitative estimate of drug-likeness (QED) is 0.773. The van der Waals surface area contributed by atoms with Gasteiger partial charge >= 0.3 is 0 Å². The lowest BCUT2D eigenvalue weighted by Crippen LogP contribution is -2.16. The third-order valence-corrected chi connectivity index (χ3v) is 3.57. The molecule has 0 radical (unpaired) electrons. The number of rotatable bonds is 7. The summed E-state index contributed by atoms with van der Waals surface area (Å²) in [7, 11) is 0. The van der Waals surface area contributed by atoms with Crippen molar-refractivity contribution in [2.24, 2.45) is 0 Å². The summed E-state index contributed by atoms with van der Waals surface area (Å²) in [6.07, 6.45) is 7.44. The molecular formula is C15H20N4. The molecule has 0 amide bonds. The van der Waals surface area contributed by atoms with Crippen molar-refractivity contribution in [1.29, 1.82) is 0 Å². The molecule has 4 nitrogen and oxygen atoms in total. The third kappa shape index (κ3) is 3.64. The molecular weight excluding hydrogens is 236 g/mol. The molecule has 3 rings (SSSR count). The highest BCUT2D eigenvalue weighted by Gasteiger charge is 2.22. The Kier molecular flexibility index (Phi) is 3.89. The van der Waals surface area contributed by atoms with Crippen molar-refractivity contribution in [3.63, 3.8) is 0 Å². The van der Waals surface area contributed by atoms with E-state index in [2.05, 4.69) is 39.9 Å². The second kappa shape index (κ2) is 5.97. The molecule has 100 valence electrons. The highest BCUT2D eigenvalue weighted by Crippen LogP contribution is 2.39. The van der Waals surface area contributed by atoms with Crippen LogP contribution >= 0.6 is 0 Å². The van der Waals surface area contributed by atoms with Crippen LogP contribution in [0.3, 0.4) is 0 Å². The molecule has 1 aliphatic rings. The van der Waals surface area contributed by atoms with E-state index in [1.54, 1.807) is 6.20 Å². The molecule has 1 N–H and O–H groups in total. The molecule has 0 atom stereocenters. The Morgan fingerprint density at radius 2 is 2.05 bits per heavy atom. The smallest absolute Gasteiger partial charge is 0.0692 e. The van der Waals surface area contributed by atoms with E-state index in [0.29, 0.717) is 0 Å². The molecule has 0 unspecified atom stereocenters. The number of hydrogen-bond acceptors (Lipinski definition) is 3. The number of hydrogen-bond donors (Lipinski definition) is 1. The summed E-state index contributed by atoms with van der Waals surface area (Å²) in [4.78, 5) is 0. The van der Waals surface area contributed by atoms with E-state index < -0.39 is 0 Å². The first-order valence-corrected chi connectivity index (χ1v) is 7.05. The number of aryl methyl sites for hydroxylation is 1. The van der Waals surface area contributed by atoms with Gasteiger partial charge in [-0.05, 0) is 42.9 Å². The predicted molar refractivity (Wildman–Crippen MR) is 74.8 cm³/mol. The SMILES string of the molecule is c1cn(CCCNCc2ccc(C3CC3)cc2)nn1. The van der Waals surface area contributed by atoms with Gasteiger partial charge < -0.3 is 5.32 Å². The Balaban J connectivity index is 1.35. The topological polar surface area (TPSA) is 42.7 Å². The molecule has 1 saturated carbocycles. The van der Waals surface area contributed by atoms with Crippen molar-refractivity contribution in [1.82, 2.24) is 20.3 Å². The van der Waals surface area contributed by atoms with Crippen molar-refractivity contribution < 1.29 is 0 Å². The molecule has 0 saturated heterocycles. The summed E-state index contributed by atoms with van der Waals surface area (Å²) >= 11 is 0. The lowest BCUT2D eigenvalue weighted by molar-refractivity contribution is 0.530. The van der Waals surface area contributed by atoms with Gasteiger partial charge in [-0.2, -0.15) is 0 Å². The minimum Gasteiger partial charge on any atom is -0.313 e. The second-order valence-corrected chi connectivity index (χ2v) is 5.21. The maximum Gasteiger partial charge on any atom is 0.0692 e. The molecule has 1 fully saturated rings. The largest absolute Gasteiger partial charge is 0.313 e. The van der Waals surface area contributed by atoms with Crippen molar-refractivity contribution in [3.05, 3.63) is 47.8 Å². The van der Waals surface area contributed by atoms with Crippen LogP contribution in [0.25, 0.3) is 0 Å². The maximum absolute atomic E-state index is 3.94. The monoisotopic (exact) mass is 256 g/mol. The van der Waals surface area contributed by atoms with Crippen LogP contribution in [-0.4, -0.2) is 21.5 Å². The molecule has 1 heterocycles. The highest BCUT2D eigenvalue weighted by atomic mass is 15.4. The van der Waals surface area contributed by atoms with Gasteiger partial charge in [0.15, 0.2) is 0 Å². The van der Waals surface area contributed by atoms with Crippen LogP contribution in [0.1, 0.15) is 36.3 Å². The molecule has 0 bridgehead atoms. The number of benzene rings is 1. The Morgan fingerprint density at radius 3 is 2.74 bits per heavy atom. The van der Waals surface area contributed by atoms with Gasteiger partial charge in [-0.15, -0.1) is 5.10 Å². The number of aromatic nitrogens is 3. The summed E-state index contributed by atoms with van der Waals surface area (Å²) in [5.41, 5.74) is 2.88. The standard InChI is InChI=1S/C15H20N4/c1(10-19-11-9-17-18-19)8-16-12-13-2-4-14(5-3-13)15-6-7-15/h2-5,9,11,15-16H,1,6-8,10,12H2. The maximum atomic E-state index is 3.94. The fourth-order valence-corrected chi connectivity index (χ4v) is 2.28. The summed E-state index contributed by atoms with van der Waals surface area (Å²) in [5, 5.41) is 11.2. The minimum absolute atomic E-state index is 0.852. The van der Waals surface area contributed by atoms with Crippen molar-refractivity contribution in [3.8, 4) is 0 Å². The summed E-state index contributed by atoms with van der Waals surface area (Å²) < 4.78 is 1.87. The zero-order chi connectivity index (χ0) is 12.9. The first kappa shape index (κ1) is 12.4. The minimum atomic E-state index is 0.852. The van der Waals surface area contributed by atoms with E-state index in [1.807, 2.05) is 10.9 Å². The van der Waals surface area contributed by atoms with E-state index in [0.717, 1.165) is 32.0 Å². The summed E-state index contributed by atoms with van der Waals surface area (Å²) in [6.45, 7) is 2.88. The van der Waals surface area contributed by atoms with Crippen LogP contribution in [0, 0.1) is 0 Å². The van der Waals surface area contributed by atoms with Gasteiger partial charge in [0, 0.05) is 19.3 Å². The lowest BCUT2D eigenvalue weighted by Gasteiger charge is -2.06. The second-order valence-electron chi connectivity index (χ2n) is 5.21. The highest BCUT2D eigenvalue weighted by molar-refractivity contribution is 5.27. The molecule has 4 heteroatoms. The van der Waals surface area contributed by atoms with Gasteiger partial charge in [0.05, 0.1) is 6.20 Å². The van der Waals surface area contributed by atoms with Gasteiger partial charge in [-0.1, -0.05) is 29.5 Å². The predicted octanol–water partition coefficient (Wildman–Crippen LogP) is 2.34. The molecule has 1 aliphatic carbocycles. The van der Waals surface area contributed by atoms with Crippen LogP contribution in [0.5, 0.6) is 0 Å². The zero-order valence-corrected chi connectivity index (χ0v) is 11.1. The first-order valence-electron chi connectivity index (χ1n) is 7.05. The Labute approximate surface area is 113 Å². The molecule has 1 aromatic heterocycles. The van der Waals surface area contributed by atoms with Gasteiger partial charge in [-0.25, -0.2) is 0 Å². The van der Waals surface area contributed by atoms with Crippen LogP contribution < -0.4 is 5.32 Å². The number of nitrogens with one attached hydrogen (secondary N) is 1. The van der Waals surface area contributed by atoms with Crippen molar-refractivity contribution in [2.75, 3.05) is 6.54 Å². The van der Waals surface area contributed by atoms with Crippen LogP contribution in [0.4, 0.5) is 0 Å². The summed E-state index contributed by atoms with van der Waals surface area (Å²) in [5.74, 6) is 0.852. The van der Waals surface area contributed by atoms with Crippen LogP contribution in [0.2, 0.25) is 0 Å². The normalized spacial score (nSPS) is 14.7. The van der Waals surface area contributed by atoms with Gasteiger partial charge in [-0.3, -0.25) is 4.68 Å². The first-order chi connectivity index (χ1) is 9.42. The average Bonchev–Trinajstić information content (AvgIpc) is 3.17. The zero-order valence-electron chi connectivity index (χ0n) is 11.1. The van der Waals surface area contributed by atoms with Crippen molar-refractivity contribution in [2.45, 2.75) is 38.3 Å². The molecule has 1 aromatic carbocycles. The van der Waals surface area contributed by atoms with Crippen LogP contribution in [0.15, 0.2) is 36.7 Å². The molecule has 2 aromatic rings. The summed E-state index contributed by atoms with van der Waals surface area (Å²) in [6, 6.07) is 9.06. The van der Waals surface area contributed by atoms with E-state index in [9.17, 15) is 0 Å². The molecule has 19 heavy (non-hydrogen) atoms. The Bertz CT molecular complexity index is 485. The van der Waals surface area contributed by atoms with E-state index in [4.69, 9.17) is 0 Å². The average molecular weight is 256 g/mol. The van der Waals surface area contributed by atoms with E-state index >= 15 is 0 Å². The van der Waals surface area contributed by atoms with Crippen molar-refractivity contribution >= 4 is 0 Å². The molecule has 0 spiro atoms.